The minimum atomic E-state index is -4.44. The molecule has 0 aromatic heterocycles. The fourth-order valence-corrected chi connectivity index (χ4v) is 2.40. The minimum absolute atomic E-state index is 0.0757. The van der Waals surface area contributed by atoms with Gasteiger partial charge in [0, 0.05) is 5.56 Å². The second kappa shape index (κ2) is 7.40. The molecule has 0 saturated carbocycles. The molecule has 7 heteroatoms. The third-order valence-electron chi connectivity index (χ3n) is 3.47. The molecule has 0 radical (unpaired) electrons. The standard InChI is InChI=1S/C15H18F3N3O/c16-15(17,18)13-7-3-2-6-12(13)10-19-20-14(22)11-21-8-4-1-5-9-21/h2-3,6-7,10H,1,4-5,8-9,11H2,(H,20,22)/b19-10-. The van der Waals surface area contributed by atoms with Gasteiger partial charge in [0.05, 0.1) is 18.3 Å². The molecule has 1 heterocycles. The first kappa shape index (κ1) is 16.5. The monoisotopic (exact) mass is 313 g/mol. The molecule has 0 aliphatic carbocycles. The summed E-state index contributed by atoms with van der Waals surface area (Å²) in [5.41, 5.74) is 1.43. The van der Waals surface area contributed by atoms with Crippen LogP contribution in [0.15, 0.2) is 29.4 Å². The summed E-state index contributed by atoms with van der Waals surface area (Å²) < 4.78 is 38.4. The zero-order chi connectivity index (χ0) is 16.0. The van der Waals surface area contributed by atoms with Crippen LogP contribution in [0.25, 0.3) is 0 Å². The Balaban J connectivity index is 1.91. The molecule has 120 valence electrons. The van der Waals surface area contributed by atoms with E-state index in [4.69, 9.17) is 0 Å². The molecule has 1 N–H and O–H groups in total. The number of nitrogens with zero attached hydrogens (tertiary/aromatic N) is 2. The summed E-state index contributed by atoms with van der Waals surface area (Å²) in [6, 6.07) is 5.10. The van der Waals surface area contributed by atoms with E-state index in [1.165, 1.54) is 24.6 Å². The van der Waals surface area contributed by atoms with E-state index in [1.807, 2.05) is 4.90 Å². The summed E-state index contributed by atoms with van der Waals surface area (Å²) in [5, 5.41) is 3.63. The number of amides is 1. The van der Waals surface area contributed by atoms with Crippen LogP contribution in [-0.2, 0) is 11.0 Å². The van der Waals surface area contributed by atoms with Gasteiger partial charge in [-0.15, -0.1) is 0 Å². The predicted octanol–water partition coefficient (Wildman–Crippen LogP) is 2.64. The molecule has 1 amide bonds. The second-order valence-electron chi connectivity index (χ2n) is 5.21. The number of hydrogen-bond donors (Lipinski definition) is 1. The lowest BCUT2D eigenvalue weighted by atomic mass is 10.1. The number of nitrogens with one attached hydrogen (secondary N) is 1. The van der Waals surface area contributed by atoms with Gasteiger partial charge < -0.3 is 0 Å². The Kier molecular flexibility index (Phi) is 5.54. The van der Waals surface area contributed by atoms with E-state index in [1.54, 1.807) is 0 Å². The number of carbonyl (C=O) groups is 1. The SMILES string of the molecule is O=C(CN1CCCCC1)N/N=C\c1ccccc1C(F)(F)F. The number of hydrogen-bond acceptors (Lipinski definition) is 3. The van der Waals surface area contributed by atoms with Crippen LogP contribution in [-0.4, -0.2) is 36.7 Å². The third-order valence-corrected chi connectivity index (χ3v) is 3.47. The van der Waals surface area contributed by atoms with Crippen LogP contribution in [0.5, 0.6) is 0 Å². The normalized spacial score (nSPS) is 16.9. The minimum Gasteiger partial charge on any atom is -0.294 e. The van der Waals surface area contributed by atoms with Crippen LogP contribution >= 0.6 is 0 Å². The molecular formula is C15H18F3N3O. The lowest BCUT2D eigenvalue weighted by molar-refractivity contribution is -0.137. The Bertz CT molecular complexity index is 537. The second-order valence-corrected chi connectivity index (χ2v) is 5.21. The maximum Gasteiger partial charge on any atom is 0.417 e. The molecule has 4 nitrogen and oxygen atoms in total. The molecule has 1 aliphatic rings. The Hall–Kier alpha value is -1.89. The van der Waals surface area contributed by atoms with Crippen molar-refractivity contribution >= 4 is 12.1 Å². The topological polar surface area (TPSA) is 44.7 Å². The molecule has 0 atom stereocenters. The van der Waals surface area contributed by atoms with Gasteiger partial charge in [0.2, 0.25) is 0 Å². The Labute approximate surface area is 127 Å². The molecule has 1 aromatic rings. The van der Waals surface area contributed by atoms with E-state index >= 15 is 0 Å². The van der Waals surface area contributed by atoms with Crippen LogP contribution in [0.3, 0.4) is 0 Å². The van der Waals surface area contributed by atoms with Gasteiger partial charge in [-0.25, -0.2) is 5.43 Å². The smallest absolute Gasteiger partial charge is 0.294 e. The van der Waals surface area contributed by atoms with Gasteiger partial charge in [-0.05, 0) is 32.0 Å². The first-order valence-corrected chi connectivity index (χ1v) is 7.17. The van der Waals surface area contributed by atoms with E-state index in [-0.39, 0.29) is 18.0 Å². The van der Waals surface area contributed by atoms with Crippen molar-refractivity contribution in [2.75, 3.05) is 19.6 Å². The highest BCUT2D eigenvalue weighted by Gasteiger charge is 2.32. The van der Waals surface area contributed by atoms with Gasteiger partial charge in [-0.2, -0.15) is 18.3 Å². The number of halogens is 3. The van der Waals surface area contributed by atoms with Crippen molar-refractivity contribution in [1.82, 2.24) is 10.3 Å². The number of piperidine rings is 1. The molecule has 1 aliphatic heterocycles. The van der Waals surface area contributed by atoms with Crippen LogP contribution in [0.1, 0.15) is 30.4 Å². The molecule has 0 unspecified atom stereocenters. The number of carbonyl (C=O) groups excluding carboxylic acids is 1. The Morgan fingerprint density at radius 1 is 1.23 bits per heavy atom. The van der Waals surface area contributed by atoms with E-state index in [9.17, 15) is 18.0 Å². The molecule has 1 saturated heterocycles. The molecule has 1 aromatic carbocycles. The van der Waals surface area contributed by atoms with Crippen molar-refractivity contribution in [3.05, 3.63) is 35.4 Å². The predicted molar refractivity (Wildman–Crippen MR) is 77.5 cm³/mol. The highest BCUT2D eigenvalue weighted by atomic mass is 19.4. The van der Waals surface area contributed by atoms with Crippen molar-refractivity contribution in [1.29, 1.82) is 0 Å². The Morgan fingerprint density at radius 2 is 1.91 bits per heavy atom. The van der Waals surface area contributed by atoms with Crippen LogP contribution in [0.4, 0.5) is 13.2 Å². The first-order chi connectivity index (χ1) is 10.5. The highest BCUT2D eigenvalue weighted by molar-refractivity contribution is 5.84. The summed E-state index contributed by atoms with van der Waals surface area (Å²) in [6.07, 6.45) is -0.118. The quantitative estimate of drug-likeness (QED) is 0.686. The summed E-state index contributed by atoms with van der Waals surface area (Å²) in [6.45, 7) is 1.96. The largest absolute Gasteiger partial charge is 0.417 e. The zero-order valence-corrected chi connectivity index (χ0v) is 12.1. The lowest BCUT2D eigenvalue weighted by Crippen LogP contribution is -2.38. The fraction of sp³-hybridized carbons (Fsp3) is 0.467. The average Bonchev–Trinajstić information content (AvgIpc) is 2.48. The van der Waals surface area contributed by atoms with Crippen molar-refractivity contribution in [2.45, 2.75) is 25.4 Å². The number of likely N-dealkylation sites (tertiary alicyclic amines) is 1. The van der Waals surface area contributed by atoms with Gasteiger partial charge in [0.15, 0.2) is 0 Å². The number of alkyl halides is 3. The molecular weight excluding hydrogens is 295 g/mol. The first-order valence-electron chi connectivity index (χ1n) is 7.17. The third kappa shape index (κ3) is 4.84. The van der Waals surface area contributed by atoms with E-state index in [0.717, 1.165) is 38.2 Å². The van der Waals surface area contributed by atoms with Gasteiger partial charge in [0.25, 0.3) is 5.91 Å². The maximum atomic E-state index is 12.8. The molecule has 1 fully saturated rings. The van der Waals surface area contributed by atoms with Gasteiger partial charge in [-0.3, -0.25) is 9.69 Å². The summed E-state index contributed by atoms with van der Waals surface area (Å²) in [4.78, 5) is 13.7. The summed E-state index contributed by atoms with van der Waals surface area (Å²) in [5.74, 6) is -0.317. The Morgan fingerprint density at radius 3 is 2.59 bits per heavy atom. The van der Waals surface area contributed by atoms with Crippen LogP contribution < -0.4 is 5.43 Å². The lowest BCUT2D eigenvalue weighted by Gasteiger charge is -2.25. The van der Waals surface area contributed by atoms with Crippen molar-refractivity contribution in [2.24, 2.45) is 5.10 Å². The van der Waals surface area contributed by atoms with E-state index in [2.05, 4.69) is 10.5 Å². The number of hydrazone groups is 1. The molecule has 0 spiro atoms. The van der Waals surface area contributed by atoms with Crippen molar-refractivity contribution < 1.29 is 18.0 Å². The highest BCUT2D eigenvalue weighted by Crippen LogP contribution is 2.30. The van der Waals surface area contributed by atoms with Gasteiger partial charge >= 0.3 is 6.18 Å². The summed E-state index contributed by atoms with van der Waals surface area (Å²) in [7, 11) is 0. The molecule has 22 heavy (non-hydrogen) atoms. The molecule has 0 bridgehead atoms. The van der Waals surface area contributed by atoms with Gasteiger partial charge in [-0.1, -0.05) is 24.6 Å². The maximum absolute atomic E-state index is 12.8. The van der Waals surface area contributed by atoms with Crippen molar-refractivity contribution in [3.63, 3.8) is 0 Å². The van der Waals surface area contributed by atoms with Crippen LogP contribution in [0.2, 0.25) is 0 Å². The van der Waals surface area contributed by atoms with E-state index < -0.39 is 11.7 Å². The number of rotatable bonds is 4. The number of benzene rings is 1. The summed E-state index contributed by atoms with van der Waals surface area (Å²) >= 11 is 0. The average molecular weight is 313 g/mol. The zero-order valence-electron chi connectivity index (χ0n) is 12.1. The molecule has 2 rings (SSSR count). The fourth-order valence-electron chi connectivity index (χ4n) is 2.40. The van der Waals surface area contributed by atoms with Crippen molar-refractivity contribution in [3.8, 4) is 0 Å². The van der Waals surface area contributed by atoms with Crippen LogP contribution in [0, 0.1) is 0 Å². The van der Waals surface area contributed by atoms with E-state index in [0.29, 0.717) is 0 Å². The van der Waals surface area contributed by atoms with Gasteiger partial charge in [0.1, 0.15) is 0 Å².